The zero-order chi connectivity index (χ0) is 20.5. The average molecular weight is 403 g/mol. The minimum atomic E-state index is -0.731. The van der Waals surface area contributed by atoms with Gasteiger partial charge in [0.05, 0.1) is 5.39 Å². The van der Waals surface area contributed by atoms with Crippen LogP contribution in [0.1, 0.15) is 63.9 Å². The van der Waals surface area contributed by atoms with Crippen LogP contribution in [0.3, 0.4) is 0 Å². The van der Waals surface area contributed by atoms with Crippen molar-refractivity contribution in [2.24, 2.45) is 17.8 Å². The Bertz CT molecular complexity index is 920. The van der Waals surface area contributed by atoms with Crippen LogP contribution in [-0.4, -0.2) is 6.61 Å². The third kappa shape index (κ3) is 4.04. The molecule has 0 saturated heterocycles. The second-order valence-electron chi connectivity index (χ2n) is 8.92. The Hall–Kier alpha value is -1.97. The van der Waals surface area contributed by atoms with E-state index in [1.165, 1.54) is 31.0 Å². The molecule has 2 fully saturated rings. The van der Waals surface area contributed by atoms with Crippen molar-refractivity contribution < 1.29 is 17.9 Å². The molecular weight excluding hydrogens is 373 g/mol. The van der Waals surface area contributed by atoms with Gasteiger partial charge in [-0.25, -0.2) is 13.2 Å². The maximum atomic E-state index is 15.4. The number of allylic oxidation sites excluding steroid dienone is 1. The molecule has 4 heteroatoms. The van der Waals surface area contributed by atoms with Crippen LogP contribution in [0, 0.1) is 35.2 Å². The van der Waals surface area contributed by atoms with Crippen molar-refractivity contribution >= 4 is 10.8 Å². The van der Waals surface area contributed by atoms with E-state index in [1.807, 2.05) is 13.0 Å². The van der Waals surface area contributed by atoms with Gasteiger partial charge in [0, 0.05) is 11.6 Å². The Kier molecular flexibility index (Phi) is 5.89. The molecule has 2 aromatic rings. The van der Waals surface area contributed by atoms with E-state index in [0.717, 1.165) is 31.6 Å². The third-order valence-corrected chi connectivity index (χ3v) is 6.96. The molecule has 4 rings (SSSR count). The molecule has 0 heterocycles. The Balaban J connectivity index is 1.65. The summed E-state index contributed by atoms with van der Waals surface area (Å²) in [6.07, 6.45) is 9.77. The van der Waals surface area contributed by atoms with E-state index in [1.54, 1.807) is 6.08 Å². The summed E-state index contributed by atoms with van der Waals surface area (Å²) >= 11 is 0. The second kappa shape index (κ2) is 8.41. The number of hydrogen-bond acceptors (Lipinski definition) is 1. The van der Waals surface area contributed by atoms with Crippen LogP contribution in [0.25, 0.3) is 10.8 Å². The molecule has 2 aromatic carbocycles. The van der Waals surface area contributed by atoms with E-state index in [4.69, 9.17) is 4.74 Å². The monoisotopic (exact) mass is 402 g/mol. The van der Waals surface area contributed by atoms with Crippen molar-refractivity contribution in [1.29, 1.82) is 0 Å². The van der Waals surface area contributed by atoms with E-state index < -0.39 is 17.5 Å². The molecule has 0 bridgehead atoms. The molecule has 2 saturated carbocycles. The van der Waals surface area contributed by atoms with Crippen LogP contribution < -0.4 is 4.74 Å². The Labute approximate surface area is 170 Å². The molecule has 4 atom stereocenters. The molecule has 0 amide bonds. The summed E-state index contributed by atoms with van der Waals surface area (Å²) < 4.78 is 50.6. The number of rotatable bonds is 4. The highest BCUT2D eigenvalue weighted by Gasteiger charge is 2.37. The van der Waals surface area contributed by atoms with Crippen molar-refractivity contribution in [3.8, 4) is 5.75 Å². The molecule has 0 aliphatic heterocycles. The van der Waals surface area contributed by atoms with Gasteiger partial charge in [-0.2, -0.15) is 0 Å². The fourth-order valence-electron chi connectivity index (χ4n) is 5.49. The number of fused-ring (bicyclic) bond motifs is 2. The maximum Gasteiger partial charge on any atom is 0.140 e. The molecule has 2 aliphatic carbocycles. The largest absolute Gasteiger partial charge is 0.489 e. The molecule has 0 aromatic heterocycles. The van der Waals surface area contributed by atoms with Gasteiger partial charge in [0.25, 0.3) is 0 Å². The topological polar surface area (TPSA) is 9.23 Å². The fraction of sp³-hybridized carbons (Fsp3) is 0.520. The van der Waals surface area contributed by atoms with Crippen LogP contribution in [-0.2, 0) is 0 Å². The normalized spacial score (nSPS) is 27.3. The minimum absolute atomic E-state index is 0.0797. The molecular formula is C25H29F3O. The van der Waals surface area contributed by atoms with E-state index in [0.29, 0.717) is 11.8 Å². The van der Waals surface area contributed by atoms with Crippen LogP contribution in [0.2, 0.25) is 0 Å². The Morgan fingerprint density at radius 2 is 1.72 bits per heavy atom. The molecule has 0 spiro atoms. The van der Waals surface area contributed by atoms with Gasteiger partial charge in [0.2, 0.25) is 0 Å². The summed E-state index contributed by atoms with van der Waals surface area (Å²) in [6.45, 7) is 4.44. The van der Waals surface area contributed by atoms with Gasteiger partial charge in [-0.3, -0.25) is 0 Å². The SMILES string of the molecule is C/C=C/COc1cc(F)c2c(F)c([C@@H]3CC[C@@H]4CC(C)CCC4C3)c(F)cc2c1. The minimum Gasteiger partial charge on any atom is -0.489 e. The van der Waals surface area contributed by atoms with Crippen molar-refractivity contribution in [2.45, 2.75) is 58.3 Å². The average Bonchev–Trinajstić information content (AvgIpc) is 2.67. The van der Waals surface area contributed by atoms with Crippen molar-refractivity contribution in [2.75, 3.05) is 6.61 Å². The summed E-state index contributed by atoms with van der Waals surface area (Å²) in [6, 6.07) is 3.97. The van der Waals surface area contributed by atoms with Crippen LogP contribution >= 0.6 is 0 Å². The zero-order valence-corrected chi connectivity index (χ0v) is 17.2. The standard InChI is InChI=1S/C25H29F3O/c1-3-4-9-29-20-12-19-13-21(26)23(25(28)24(19)22(27)14-20)18-8-7-16-10-15(2)5-6-17(16)11-18/h3-4,12-18H,5-11H2,1-2H3/b4-3+/t15?,16-,17?,18-/m1/s1. The van der Waals surface area contributed by atoms with Gasteiger partial charge in [0.15, 0.2) is 0 Å². The lowest BCUT2D eigenvalue weighted by atomic mass is 9.64. The first-order valence-corrected chi connectivity index (χ1v) is 10.8. The molecule has 1 nitrogen and oxygen atoms in total. The highest BCUT2D eigenvalue weighted by Crippen LogP contribution is 2.49. The predicted octanol–water partition coefficient (Wildman–Crippen LogP) is 7.53. The van der Waals surface area contributed by atoms with Crippen LogP contribution in [0.5, 0.6) is 5.75 Å². The van der Waals surface area contributed by atoms with Gasteiger partial charge < -0.3 is 4.74 Å². The number of halogens is 3. The lowest BCUT2D eigenvalue weighted by molar-refractivity contribution is 0.123. The van der Waals surface area contributed by atoms with E-state index in [2.05, 4.69) is 6.92 Å². The first-order valence-electron chi connectivity index (χ1n) is 10.8. The maximum absolute atomic E-state index is 15.4. The second-order valence-corrected chi connectivity index (χ2v) is 8.92. The first kappa shape index (κ1) is 20.3. The highest BCUT2D eigenvalue weighted by molar-refractivity contribution is 5.86. The van der Waals surface area contributed by atoms with E-state index >= 15 is 8.78 Å². The smallest absolute Gasteiger partial charge is 0.140 e. The molecule has 2 aliphatic rings. The Morgan fingerprint density at radius 3 is 2.52 bits per heavy atom. The van der Waals surface area contributed by atoms with E-state index in [9.17, 15) is 4.39 Å². The summed E-state index contributed by atoms with van der Waals surface area (Å²) in [5, 5.41) is 0.0820. The number of hydrogen-bond donors (Lipinski definition) is 0. The first-order chi connectivity index (χ1) is 14.0. The Morgan fingerprint density at radius 1 is 0.966 bits per heavy atom. The molecule has 156 valence electrons. The number of benzene rings is 2. The molecule has 29 heavy (non-hydrogen) atoms. The summed E-state index contributed by atoms with van der Waals surface area (Å²) in [4.78, 5) is 0. The number of ether oxygens (including phenoxy) is 1. The van der Waals surface area contributed by atoms with Gasteiger partial charge in [0.1, 0.15) is 29.8 Å². The fourth-order valence-corrected chi connectivity index (χ4v) is 5.49. The molecule has 2 unspecified atom stereocenters. The summed E-state index contributed by atoms with van der Waals surface area (Å²) in [5.74, 6) is 0.0763. The van der Waals surface area contributed by atoms with Gasteiger partial charge in [-0.05, 0) is 80.2 Å². The van der Waals surface area contributed by atoms with Crippen molar-refractivity contribution in [1.82, 2.24) is 0 Å². The summed E-state index contributed by atoms with van der Waals surface area (Å²) in [5.41, 5.74) is 0.0797. The van der Waals surface area contributed by atoms with Crippen molar-refractivity contribution in [3.63, 3.8) is 0 Å². The van der Waals surface area contributed by atoms with Crippen LogP contribution in [0.15, 0.2) is 30.4 Å². The molecule has 0 N–H and O–H groups in total. The van der Waals surface area contributed by atoms with Crippen molar-refractivity contribution in [3.05, 3.63) is 53.4 Å². The lowest BCUT2D eigenvalue weighted by Crippen LogP contribution is -2.30. The molecule has 0 radical (unpaired) electrons. The van der Waals surface area contributed by atoms with E-state index in [-0.39, 0.29) is 34.6 Å². The van der Waals surface area contributed by atoms with Gasteiger partial charge >= 0.3 is 0 Å². The third-order valence-electron chi connectivity index (χ3n) is 6.96. The summed E-state index contributed by atoms with van der Waals surface area (Å²) in [7, 11) is 0. The van der Waals surface area contributed by atoms with Crippen LogP contribution in [0.4, 0.5) is 13.2 Å². The highest BCUT2D eigenvalue weighted by atomic mass is 19.1. The zero-order valence-electron chi connectivity index (χ0n) is 17.2. The quantitative estimate of drug-likeness (QED) is 0.480. The lowest BCUT2D eigenvalue weighted by Gasteiger charge is -2.41. The van der Waals surface area contributed by atoms with Gasteiger partial charge in [-0.1, -0.05) is 25.5 Å². The van der Waals surface area contributed by atoms with Gasteiger partial charge in [-0.15, -0.1) is 0 Å². The predicted molar refractivity (Wildman–Crippen MR) is 111 cm³/mol.